The molecule has 0 unspecified atom stereocenters. The zero-order valence-electron chi connectivity index (χ0n) is 9.65. The van der Waals surface area contributed by atoms with Crippen molar-refractivity contribution < 1.29 is 0 Å². The predicted molar refractivity (Wildman–Crippen MR) is 68.4 cm³/mol. The molecule has 17 heavy (non-hydrogen) atoms. The van der Waals surface area contributed by atoms with Crippen molar-refractivity contribution in [3.8, 4) is 0 Å². The summed E-state index contributed by atoms with van der Waals surface area (Å²) in [6.45, 7) is 1.77. The van der Waals surface area contributed by atoms with Gasteiger partial charge in [-0.2, -0.15) is 0 Å². The summed E-state index contributed by atoms with van der Waals surface area (Å²) in [5, 5.41) is 5.45. The molecule has 0 bridgehead atoms. The van der Waals surface area contributed by atoms with E-state index in [4.69, 9.17) is 0 Å². The Labute approximate surface area is 99.9 Å². The zero-order chi connectivity index (χ0) is 11.7. The molecule has 3 nitrogen and oxygen atoms in total. The van der Waals surface area contributed by atoms with Gasteiger partial charge in [0.1, 0.15) is 0 Å². The SMILES string of the molecule is O=c1[nH]c2ccccc2cc1C1CC[N]CC1. The average Bonchev–Trinajstić information content (AvgIpc) is 2.39. The van der Waals surface area contributed by atoms with Crippen molar-refractivity contribution >= 4 is 10.9 Å². The van der Waals surface area contributed by atoms with Crippen LogP contribution >= 0.6 is 0 Å². The number of benzene rings is 1. The van der Waals surface area contributed by atoms with Crippen LogP contribution in [0.5, 0.6) is 0 Å². The van der Waals surface area contributed by atoms with Crippen LogP contribution in [0.15, 0.2) is 35.1 Å². The van der Waals surface area contributed by atoms with Gasteiger partial charge >= 0.3 is 0 Å². The van der Waals surface area contributed by atoms with Crippen LogP contribution in [0.3, 0.4) is 0 Å². The second-order valence-electron chi connectivity index (χ2n) is 4.59. The van der Waals surface area contributed by atoms with E-state index in [0.717, 1.165) is 42.4 Å². The van der Waals surface area contributed by atoms with Crippen LogP contribution in [0.1, 0.15) is 24.3 Å². The summed E-state index contributed by atoms with van der Waals surface area (Å²) in [6.07, 6.45) is 2.00. The van der Waals surface area contributed by atoms with Gasteiger partial charge in [0.05, 0.1) is 0 Å². The van der Waals surface area contributed by atoms with Crippen molar-refractivity contribution in [3.63, 3.8) is 0 Å². The number of pyridine rings is 1. The lowest BCUT2D eigenvalue weighted by atomic mass is 9.90. The first-order valence-electron chi connectivity index (χ1n) is 6.10. The van der Waals surface area contributed by atoms with Crippen molar-refractivity contribution in [3.05, 3.63) is 46.2 Å². The summed E-state index contributed by atoms with van der Waals surface area (Å²) >= 11 is 0. The van der Waals surface area contributed by atoms with E-state index in [-0.39, 0.29) is 5.56 Å². The number of nitrogens with zero attached hydrogens (tertiary/aromatic N) is 1. The van der Waals surface area contributed by atoms with Gasteiger partial charge in [-0.1, -0.05) is 18.2 Å². The molecule has 0 atom stereocenters. The number of piperidine rings is 1. The quantitative estimate of drug-likeness (QED) is 0.796. The van der Waals surface area contributed by atoms with Gasteiger partial charge in [0.2, 0.25) is 0 Å². The molecular formula is C14H15N2O. The van der Waals surface area contributed by atoms with Gasteiger partial charge in [0, 0.05) is 24.2 Å². The number of aromatic amines is 1. The van der Waals surface area contributed by atoms with Crippen molar-refractivity contribution in [2.75, 3.05) is 13.1 Å². The van der Waals surface area contributed by atoms with Crippen molar-refractivity contribution in [1.82, 2.24) is 10.3 Å². The van der Waals surface area contributed by atoms with E-state index in [2.05, 4.69) is 10.3 Å². The Bertz CT molecular complexity index is 582. The maximum atomic E-state index is 12.0. The second kappa shape index (κ2) is 4.34. The molecule has 0 aliphatic carbocycles. The maximum Gasteiger partial charge on any atom is 0.251 e. The third-order valence-corrected chi connectivity index (χ3v) is 3.49. The third kappa shape index (κ3) is 1.98. The molecule has 1 saturated heterocycles. The number of rotatable bonds is 1. The zero-order valence-corrected chi connectivity index (χ0v) is 9.65. The van der Waals surface area contributed by atoms with E-state index >= 15 is 0 Å². The molecule has 3 heteroatoms. The van der Waals surface area contributed by atoms with Gasteiger partial charge in [-0.25, -0.2) is 5.32 Å². The smallest absolute Gasteiger partial charge is 0.251 e. The van der Waals surface area contributed by atoms with Gasteiger partial charge in [0.25, 0.3) is 5.56 Å². The first kappa shape index (κ1) is 10.5. The molecule has 0 spiro atoms. The molecule has 1 aromatic carbocycles. The van der Waals surface area contributed by atoms with Gasteiger partial charge in [-0.15, -0.1) is 0 Å². The third-order valence-electron chi connectivity index (χ3n) is 3.49. The summed E-state index contributed by atoms with van der Waals surface area (Å²) in [4.78, 5) is 15.0. The molecule has 1 aliphatic rings. The first-order valence-corrected chi connectivity index (χ1v) is 6.10. The average molecular weight is 227 g/mol. The van der Waals surface area contributed by atoms with E-state index in [1.54, 1.807) is 0 Å². The van der Waals surface area contributed by atoms with Crippen molar-refractivity contribution in [2.24, 2.45) is 0 Å². The van der Waals surface area contributed by atoms with Crippen molar-refractivity contribution in [1.29, 1.82) is 0 Å². The highest BCUT2D eigenvalue weighted by atomic mass is 16.1. The largest absolute Gasteiger partial charge is 0.322 e. The number of fused-ring (bicyclic) bond motifs is 1. The fourth-order valence-corrected chi connectivity index (χ4v) is 2.53. The van der Waals surface area contributed by atoms with Gasteiger partial charge in [-0.05, 0) is 36.3 Å². The molecule has 2 heterocycles. The van der Waals surface area contributed by atoms with Crippen LogP contribution in [0.4, 0.5) is 0 Å². The van der Waals surface area contributed by atoms with Crippen LogP contribution < -0.4 is 10.9 Å². The molecule has 1 radical (unpaired) electrons. The Morgan fingerprint density at radius 3 is 2.76 bits per heavy atom. The summed E-state index contributed by atoms with van der Waals surface area (Å²) in [5.74, 6) is 0.376. The molecule has 1 N–H and O–H groups in total. The maximum absolute atomic E-state index is 12.0. The van der Waals surface area contributed by atoms with E-state index < -0.39 is 0 Å². The Morgan fingerprint density at radius 1 is 1.18 bits per heavy atom. The topological polar surface area (TPSA) is 47.0 Å². The molecule has 0 amide bonds. The highest BCUT2D eigenvalue weighted by Crippen LogP contribution is 2.24. The molecule has 87 valence electrons. The van der Waals surface area contributed by atoms with Crippen LogP contribution in [0.2, 0.25) is 0 Å². The summed E-state index contributed by atoms with van der Waals surface area (Å²) < 4.78 is 0. The van der Waals surface area contributed by atoms with Crippen LogP contribution in [0, 0.1) is 0 Å². The molecular weight excluding hydrogens is 212 g/mol. The normalized spacial score (nSPS) is 17.4. The Morgan fingerprint density at radius 2 is 1.94 bits per heavy atom. The van der Waals surface area contributed by atoms with E-state index in [1.165, 1.54) is 0 Å². The van der Waals surface area contributed by atoms with Crippen LogP contribution in [-0.4, -0.2) is 18.1 Å². The molecule has 1 aliphatic heterocycles. The van der Waals surface area contributed by atoms with Gasteiger partial charge in [-0.3, -0.25) is 4.79 Å². The van der Waals surface area contributed by atoms with Crippen LogP contribution in [0.25, 0.3) is 10.9 Å². The lowest BCUT2D eigenvalue weighted by Gasteiger charge is -2.21. The number of hydrogen-bond acceptors (Lipinski definition) is 1. The molecule has 0 saturated carbocycles. The number of para-hydroxylation sites is 1. The van der Waals surface area contributed by atoms with E-state index in [9.17, 15) is 4.79 Å². The van der Waals surface area contributed by atoms with Crippen LogP contribution in [-0.2, 0) is 0 Å². The number of aromatic nitrogens is 1. The Kier molecular flexibility index (Phi) is 2.69. The lowest BCUT2D eigenvalue weighted by molar-refractivity contribution is 0.451. The predicted octanol–water partition coefficient (Wildman–Crippen LogP) is 2.01. The molecule has 3 rings (SSSR count). The summed E-state index contributed by atoms with van der Waals surface area (Å²) in [6, 6.07) is 9.97. The summed E-state index contributed by atoms with van der Waals surface area (Å²) in [7, 11) is 0. The molecule has 1 fully saturated rings. The standard InChI is InChI=1S/C14H15N2O/c17-14-12(10-5-7-15-8-6-10)9-11-3-1-2-4-13(11)16-14/h1-4,9-10H,5-8H2,(H,16,17). The fraction of sp³-hybridized carbons (Fsp3) is 0.357. The minimum atomic E-state index is 0.0654. The fourth-order valence-electron chi connectivity index (χ4n) is 2.53. The number of hydrogen-bond donors (Lipinski definition) is 1. The van der Waals surface area contributed by atoms with Gasteiger partial charge < -0.3 is 4.98 Å². The molecule has 1 aromatic heterocycles. The monoisotopic (exact) mass is 227 g/mol. The minimum Gasteiger partial charge on any atom is -0.322 e. The van der Waals surface area contributed by atoms with E-state index in [0.29, 0.717) is 5.92 Å². The lowest BCUT2D eigenvalue weighted by Crippen LogP contribution is -2.25. The van der Waals surface area contributed by atoms with Crippen molar-refractivity contribution in [2.45, 2.75) is 18.8 Å². The Balaban J connectivity index is 2.09. The minimum absolute atomic E-state index is 0.0654. The highest BCUT2D eigenvalue weighted by Gasteiger charge is 2.18. The Hall–Kier alpha value is -1.61. The van der Waals surface area contributed by atoms with E-state index in [1.807, 2.05) is 30.3 Å². The summed E-state index contributed by atoms with van der Waals surface area (Å²) in [5.41, 5.74) is 1.91. The second-order valence-corrected chi connectivity index (χ2v) is 4.59. The number of H-pyrrole nitrogens is 1. The highest BCUT2D eigenvalue weighted by molar-refractivity contribution is 5.78. The van der Waals surface area contributed by atoms with Gasteiger partial charge in [0.15, 0.2) is 0 Å². The number of nitrogens with one attached hydrogen (secondary N) is 1. The first-order chi connectivity index (χ1) is 8.34. The molecule has 2 aromatic rings.